The molecule has 0 aliphatic heterocycles. The third-order valence-electron chi connectivity index (χ3n) is 3.29. The Morgan fingerprint density at radius 3 is 2.75 bits per heavy atom. The summed E-state index contributed by atoms with van der Waals surface area (Å²) >= 11 is 11.6. The molecule has 0 fully saturated rings. The molecule has 122 valence electrons. The second-order valence-electron chi connectivity index (χ2n) is 4.94. The first kappa shape index (κ1) is 16.2. The van der Waals surface area contributed by atoms with Crippen molar-refractivity contribution >= 4 is 40.2 Å². The molecular weight excluding hydrogens is 355 g/mol. The molecule has 2 aromatic heterocycles. The zero-order valence-electron chi connectivity index (χ0n) is 12.1. The molecule has 3 aromatic rings. The maximum absolute atomic E-state index is 12.1. The predicted octanol–water partition coefficient (Wildman–Crippen LogP) is 3.52. The van der Waals surface area contributed by atoms with E-state index in [1.165, 1.54) is 28.8 Å². The highest BCUT2D eigenvalue weighted by molar-refractivity contribution is 6.32. The van der Waals surface area contributed by atoms with Crippen molar-refractivity contribution < 1.29 is 4.92 Å². The fourth-order valence-electron chi connectivity index (χ4n) is 2.17. The van der Waals surface area contributed by atoms with Crippen molar-refractivity contribution in [3.05, 3.63) is 78.8 Å². The first-order valence-corrected chi connectivity index (χ1v) is 7.55. The molecule has 0 aliphatic rings. The van der Waals surface area contributed by atoms with E-state index in [0.29, 0.717) is 22.1 Å². The van der Waals surface area contributed by atoms with E-state index in [-0.39, 0.29) is 22.8 Å². The van der Waals surface area contributed by atoms with Crippen LogP contribution in [0.3, 0.4) is 0 Å². The normalized spacial score (nSPS) is 10.8. The predicted molar refractivity (Wildman–Crippen MR) is 91.9 cm³/mol. The van der Waals surface area contributed by atoms with Gasteiger partial charge in [-0.15, -0.1) is 0 Å². The van der Waals surface area contributed by atoms with Crippen molar-refractivity contribution in [2.75, 3.05) is 5.32 Å². The summed E-state index contributed by atoms with van der Waals surface area (Å²) in [5.41, 5.74) is 1.01. The average molecular weight is 365 g/mol. The Hall–Kier alpha value is -2.64. The van der Waals surface area contributed by atoms with E-state index in [1.54, 1.807) is 18.2 Å². The number of nitro benzene ring substituents is 1. The van der Waals surface area contributed by atoms with Crippen LogP contribution in [0.1, 0.15) is 5.69 Å². The molecule has 2 heterocycles. The molecule has 0 unspecified atom stereocenters. The number of rotatable bonds is 4. The first-order valence-electron chi connectivity index (χ1n) is 6.80. The number of pyridine rings is 1. The third kappa shape index (κ3) is 3.32. The Labute approximate surface area is 145 Å². The Balaban J connectivity index is 1.86. The van der Waals surface area contributed by atoms with Crippen LogP contribution in [0, 0.1) is 10.1 Å². The van der Waals surface area contributed by atoms with Gasteiger partial charge in [-0.1, -0.05) is 23.2 Å². The van der Waals surface area contributed by atoms with Crippen LogP contribution in [0.2, 0.25) is 10.0 Å². The minimum absolute atomic E-state index is 0.0597. The molecular formula is C15H10Cl2N4O3. The van der Waals surface area contributed by atoms with Crippen molar-refractivity contribution in [2.45, 2.75) is 6.54 Å². The van der Waals surface area contributed by atoms with Crippen LogP contribution in [0.25, 0.3) is 5.65 Å². The topological polar surface area (TPSA) is 89.5 Å². The lowest BCUT2D eigenvalue weighted by Crippen LogP contribution is -2.16. The number of benzene rings is 1. The largest absolute Gasteiger partial charge is 0.379 e. The lowest BCUT2D eigenvalue weighted by Gasteiger charge is -2.08. The number of nitrogens with zero attached hydrogens (tertiary/aromatic N) is 3. The number of nitro groups is 1. The molecule has 0 radical (unpaired) electrons. The van der Waals surface area contributed by atoms with Gasteiger partial charge in [0.1, 0.15) is 10.7 Å². The van der Waals surface area contributed by atoms with Gasteiger partial charge >= 0.3 is 0 Å². The standard InChI is InChI=1S/C15H10Cl2N4O3/c16-9-1-4-14-19-11(6-15(22)20(14)8-9)7-18-10-2-3-12(17)13(5-10)21(23)24/h1-6,8,18H,7H2. The fourth-order valence-corrected chi connectivity index (χ4v) is 2.52. The molecule has 24 heavy (non-hydrogen) atoms. The van der Waals surface area contributed by atoms with Crippen LogP contribution in [-0.4, -0.2) is 14.3 Å². The van der Waals surface area contributed by atoms with Gasteiger partial charge in [0, 0.05) is 24.0 Å². The average Bonchev–Trinajstić information content (AvgIpc) is 2.54. The number of anilines is 1. The Morgan fingerprint density at radius 1 is 1.21 bits per heavy atom. The van der Waals surface area contributed by atoms with Crippen molar-refractivity contribution in [1.29, 1.82) is 0 Å². The molecule has 0 atom stereocenters. The summed E-state index contributed by atoms with van der Waals surface area (Å²) < 4.78 is 1.35. The molecule has 0 spiro atoms. The molecule has 3 rings (SSSR count). The summed E-state index contributed by atoms with van der Waals surface area (Å²) in [6.45, 7) is 0.229. The number of nitrogens with one attached hydrogen (secondary N) is 1. The van der Waals surface area contributed by atoms with E-state index < -0.39 is 4.92 Å². The van der Waals surface area contributed by atoms with Crippen LogP contribution < -0.4 is 10.9 Å². The van der Waals surface area contributed by atoms with Gasteiger partial charge in [-0.05, 0) is 24.3 Å². The molecule has 1 aromatic carbocycles. The Morgan fingerprint density at radius 2 is 2.00 bits per heavy atom. The number of hydrogen-bond donors (Lipinski definition) is 1. The summed E-state index contributed by atoms with van der Waals surface area (Å²) in [7, 11) is 0. The van der Waals surface area contributed by atoms with Crippen LogP contribution in [0.5, 0.6) is 0 Å². The molecule has 0 saturated heterocycles. The molecule has 7 nitrogen and oxygen atoms in total. The van der Waals surface area contributed by atoms with E-state index in [0.717, 1.165) is 0 Å². The Kier molecular flexibility index (Phi) is 4.37. The van der Waals surface area contributed by atoms with Gasteiger partial charge in [-0.2, -0.15) is 0 Å². The van der Waals surface area contributed by atoms with Gasteiger partial charge in [-0.25, -0.2) is 4.98 Å². The monoisotopic (exact) mass is 364 g/mol. The van der Waals surface area contributed by atoms with E-state index >= 15 is 0 Å². The molecule has 0 bridgehead atoms. The number of fused-ring (bicyclic) bond motifs is 1. The second kappa shape index (κ2) is 6.46. The second-order valence-corrected chi connectivity index (χ2v) is 5.78. The summed E-state index contributed by atoms with van der Waals surface area (Å²) in [5, 5.41) is 14.4. The number of hydrogen-bond acceptors (Lipinski definition) is 5. The Bertz CT molecular complexity index is 1000. The lowest BCUT2D eigenvalue weighted by atomic mass is 10.2. The van der Waals surface area contributed by atoms with Crippen LogP contribution in [0.4, 0.5) is 11.4 Å². The van der Waals surface area contributed by atoms with Crippen LogP contribution in [-0.2, 0) is 6.54 Å². The van der Waals surface area contributed by atoms with Gasteiger partial charge < -0.3 is 5.32 Å². The first-order chi connectivity index (χ1) is 11.4. The summed E-state index contributed by atoms with van der Waals surface area (Å²) in [5.74, 6) is 0. The van der Waals surface area contributed by atoms with E-state index in [4.69, 9.17) is 23.2 Å². The van der Waals surface area contributed by atoms with Gasteiger partial charge in [0.15, 0.2) is 0 Å². The highest BCUT2D eigenvalue weighted by Gasteiger charge is 2.12. The highest BCUT2D eigenvalue weighted by atomic mass is 35.5. The zero-order valence-corrected chi connectivity index (χ0v) is 13.6. The summed E-state index contributed by atoms with van der Waals surface area (Å²) in [6.07, 6.45) is 1.49. The van der Waals surface area contributed by atoms with Crippen molar-refractivity contribution in [3.8, 4) is 0 Å². The van der Waals surface area contributed by atoms with Gasteiger partial charge in [-0.3, -0.25) is 19.3 Å². The van der Waals surface area contributed by atoms with Gasteiger partial charge in [0.25, 0.3) is 11.2 Å². The number of aromatic nitrogens is 2. The molecule has 9 heteroatoms. The highest BCUT2D eigenvalue weighted by Crippen LogP contribution is 2.27. The van der Waals surface area contributed by atoms with E-state index in [1.807, 2.05) is 0 Å². The van der Waals surface area contributed by atoms with Gasteiger partial charge in [0.05, 0.1) is 22.2 Å². The van der Waals surface area contributed by atoms with Crippen LogP contribution >= 0.6 is 23.2 Å². The quantitative estimate of drug-likeness (QED) is 0.564. The maximum atomic E-state index is 12.1. The molecule has 0 amide bonds. The molecule has 0 saturated carbocycles. The lowest BCUT2D eigenvalue weighted by molar-refractivity contribution is -0.384. The number of halogens is 2. The van der Waals surface area contributed by atoms with Crippen molar-refractivity contribution in [2.24, 2.45) is 0 Å². The SMILES string of the molecule is O=c1cc(CNc2ccc(Cl)c([N+](=O)[O-])c2)nc2ccc(Cl)cn12. The van der Waals surface area contributed by atoms with E-state index in [9.17, 15) is 14.9 Å². The minimum atomic E-state index is -0.558. The van der Waals surface area contributed by atoms with Gasteiger partial charge in [0.2, 0.25) is 0 Å². The van der Waals surface area contributed by atoms with Crippen molar-refractivity contribution in [3.63, 3.8) is 0 Å². The third-order valence-corrected chi connectivity index (χ3v) is 3.84. The summed E-state index contributed by atoms with van der Waals surface area (Å²) in [6, 6.07) is 9.04. The molecule has 0 aliphatic carbocycles. The van der Waals surface area contributed by atoms with Crippen LogP contribution in [0.15, 0.2) is 47.4 Å². The molecule has 1 N–H and O–H groups in total. The summed E-state index contributed by atoms with van der Waals surface area (Å²) in [4.78, 5) is 26.8. The zero-order chi connectivity index (χ0) is 17.3. The minimum Gasteiger partial charge on any atom is -0.379 e. The fraction of sp³-hybridized carbons (Fsp3) is 0.0667. The maximum Gasteiger partial charge on any atom is 0.289 e. The van der Waals surface area contributed by atoms with E-state index in [2.05, 4.69) is 10.3 Å². The van der Waals surface area contributed by atoms with Crippen molar-refractivity contribution in [1.82, 2.24) is 9.38 Å². The smallest absolute Gasteiger partial charge is 0.289 e.